The first kappa shape index (κ1) is 23.3. The van der Waals surface area contributed by atoms with Gasteiger partial charge < -0.3 is 14.7 Å². The van der Waals surface area contributed by atoms with E-state index in [0.717, 1.165) is 12.0 Å². The molecule has 1 aliphatic heterocycles. The number of ketones is 1. The Balaban J connectivity index is 1.46. The Kier molecular flexibility index (Phi) is 6.69. The van der Waals surface area contributed by atoms with Crippen LogP contribution in [0.15, 0.2) is 84.9 Å². The minimum Gasteiger partial charge on any atom is -0.491 e. The van der Waals surface area contributed by atoms with Gasteiger partial charge in [0.2, 0.25) is 5.91 Å². The number of carbonyl (C=O) groups excluding carboxylic acids is 2. The Hall–Kier alpha value is -3.44. The highest BCUT2D eigenvalue weighted by Crippen LogP contribution is 2.52. The molecule has 1 amide bonds. The van der Waals surface area contributed by atoms with Gasteiger partial charge in [0.1, 0.15) is 18.1 Å². The Labute approximate surface area is 206 Å². The molecule has 1 N–H and O–H groups in total. The largest absolute Gasteiger partial charge is 0.491 e. The number of amides is 1. The van der Waals surface area contributed by atoms with Crippen LogP contribution in [0.2, 0.25) is 0 Å². The third kappa shape index (κ3) is 4.37. The number of aliphatic hydroxyl groups excluding tert-OH is 1. The van der Waals surface area contributed by atoms with Crippen molar-refractivity contribution in [2.45, 2.75) is 24.7 Å². The summed E-state index contributed by atoms with van der Waals surface area (Å²) in [6.45, 7) is 1.12. The average molecular weight is 470 g/mol. The monoisotopic (exact) mass is 469 g/mol. The van der Waals surface area contributed by atoms with Crippen LogP contribution in [0.3, 0.4) is 0 Å². The fourth-order valence-electron chi connectivity index (χ4n) is 6.10. The Morgan fingerprint density at radius 2 is 1.54 bits per heavy atom. The highest BCUT2D eigenvalue weighted by molar-refractivity contribution is 5.86. The number of benzene rings is 3. The molecule has 5 nitrogen and oxygen atoms in total. The highest BCUT2D eigenvalue weighted by Gasteiger charge is 2.55. The van der Waals surface area contributed by atoms with E-state index < -0.39 is 0 Å². The first-order chi connectivity index (χ1) is 17.1. The molecule has 3 aromatic rings. The van der Waals surface area contributed by atoms with E-state index in [2.05, 4.69) is 48.5 Å². The van der Waals surface area contributed by atoms with Crippen LogP contribution in [-0.2, 0) is 21.4 Å². The van der Waals surface area contributed by atoms with Crippen LogP contribution in [0.1, 0.15) is 29.5 Å². The van der Waals surface area contributed by atoms with E-state index >= 15 is 0 Å². The maximum Gasteiger partial charge on any atom is 0.227 e. The molecule has 2 fully saturated rings. The third-order valence-electron chi connectivity index (χ3n) is 7.73. The normalized spacial score (nSPS) is 20.9. The third-order valence-corrected chi connectivity index (χ3v) is 7.73. The summed E-state index contributed by atoms with van der Waals surface area (Å²) in [5.41, 5.74) is 2.92. The van der Waals surface area contributed by atoms with Gasteiger partial charge >= 0.3 is 0 Å². The van der Waals surface area contributed by atoms with Gasteiger partial charge in [0.05, 0.1) is 13.0 Å². The molecule has 2 aliphatic rings. The zero-order chi connectivity index (χ0) is 24.3. The molecule has 1 heterocycles. The number of likely N-dealkylation sites (tertiary alicyclic amines) is 1. The van der Waals surface area contributed by atoms with Gasteiger partial charge in [-0.25, -0.2) is 0 Å². The minimum absolute atomic E-state index is 0.00210. The second kappa shape index (κ2) is 10.0. The van der Waals surface area contributed by atoms with Crippen LogP contribution in [0.5, 0.6) is 5.75 Å². The van der Waals surface area contributed by atoms with E-state index in [-0.39, 0.29) is 48.6 Å². The smallest absolute Gasteiger partial charge is 0.227 e. The molecule has 3 aromatic carbocycles. The van der Waals surface area contributed by atoms with Crippen molar-refractivity contribution in [1.82, 2.24) is 4.90 Å². The van der Waals surface area contributed by atoms with Crippen molar-refractivity contribution in [2.75, 3.05) is 26.3 Å². The van der Waals surface area contributed by atoms with E-state index in [0.29, 0.717) is 25.3 Å². The van der Waals surface area contributed by atoms with Gasteiger partial charge in [-0.2, -0.15) is 0 Å². The number of para-hydroxylation sites is 1. The van der Waals surface area contributed by atoms with Crippen molar-refractivity contribution < 1.29 is 19.4 Å². The summed E-state index contributed by atoms with van der Waals surface area (Å²) in [7, 11) is 0. The molecule has 5 heteroatoms. The summed E-state index contributed by atoms with van der Waals surface area (Å²) < 4.78 is 5.64. The van der Waals surface area contributed by atoms with Crippen molar-refractivity contribution in [2.24, 2.45) is 11.8 Å². The summed E-state index contributed by atoms with van der Waals surface area (Å²) in [6.07, 6.45) is 1.48. The summed E-state index contributed by atoms with van der Waals surface area (Å²) in [5, 5.41) is 9.12. The van der Waals surface area contributed by atoms with Crippen LogP contribution in [0, 0.1) is 11.8 Å². The van der Waals surface area contributed by atoms with Crippen LogP contribution in [-0.4, -0.2) is 48.0 Å². The molecule has 1 saturated carbocycles. The van der Waals surface area contributed by atoms with Crippen molar-refractivity contribution in [3.63, 3.8) is 0 Å². The van der Waals surface area contributed by atoms with E-state index in [1.807, 2.05) is 41.3 Å². The van der Waals surface area contributed by atoms with Gasteiger partial charge in [0, 0.05) is 42.3 Å². The number of carbonyl (C=O) groups is 2. The molecule has 1 saturated heterocycles. The van der Waals surface area contributed by atoms with Crippen LogP contribution < -0.4 is 4.74 Å². The summed E-state index contributed by atoms with van der Waals surface area (Å²) in [5.74, 6) is 0.736. The molecule has 0 radical (unpaired) electrons. The van der Waals surface area contributed by atoms with Crippen LogP contribution in [0.4, 0.5) is 0 Å². The Bertz CT molecular complexity index is 1140. The van der Waals surface area contributed by atoms with E-state index in [1.54, 1.807) is 0 Å². The molecule has 0 aromatic heterocycles. The molecule has 5 rings (SSSR count). The predicted octanol–water partition coefficient (Wildman–Crippen LogP) is 4.02. The number of Topliss-reactive ketones (excluding diaryl/α,β-unsaturated/α-hetero) is 1. The molecule has 2 atom stereocenters. The Morgan fingerprint density at radius 3 is 2.20 bits per heavy atom. The van der Waals surface area contributed by atoms with E-state index in [4.69, 9.17) is 9.84 Å². The quantitative estimate of drug-likeness (QED) is 0.568. The lowest BCUT2D eigenvalue weighted by Gasteiger charge is -2.45. The summed E-state index contributed by atoms with van der Waals surface area (Å²) in [6, 6.07) is 28.4. The van der Waals surface area contributed by atoms with Gasteiger partial charge in [0.25, 0.3) is 0 Å². The first-order valence-corrected chi connectivity index (χ1v) is 12.4. The molecule has 180 valence electrons. The Morgan fingerprint density at radius 1 is 0.914 bits per heavy atom. The number of ether oxygens (including phenoxy) is 1. The maximum absolute atomic E-state index is 13.5. The fourth-order valence-corrected chi connectivity index (χ4v) is 6.10. The maximum atomic E-state index is 13.5. The number of hydrogen-bond donors (Lipinski definition) is 1. The predicted molar refractivity (Wildman–Crippen MR) is 134 cm³/mol. The average Bonchev–Trinajstić information content (AvgIpc) is 3.37. The molecule has 0 bridgehead atoms. The van der Waals surface area contributed by atoms with E-state index in [1.165, 1.54) is 11.1 Å². The molecule has 1 aliphatic carbocycles. The fraction of sp³-hybridized carbons (Fsp3) is 0.333. The lowest BCUT2D eigenvalue weighted by atomic mass is 9.56. The van der Waals surface area contributed by atoms with Gasteiger partial charge in [0.15, 0.2) is 0 Å². The minimum atomic E-state index is -0.307. The number of hydrogen-bond acceptors (Lipinski definition) is 4. The van der Waals surface area contributed by atoms with Crippen molar-refractivity contribution in [3.8, 4) is 5.75 Å². The molecule has 0 spiro atoms. The van der Waals surface area contributed by atoms with Crippen molar-refractivity contribution in [1.29, 1.82) is 0 Å². The second-order valence-electron chi connectivity index (χ2n) is 9.54. The highest BCUT2D eigenvalue weighted by atomic mass is 16.5. The number of rotatable bonds is 7. The summed E-state index contributed by atoms with van der Waals surface area (Å²) in [4.78, 5) is 28.5. The van der Waals surface area contributed by atoms with Crippen molar-refractivity contribution >= 4 is 11.7 Å². The molecular weight excluding hydrogens is 438 g/mol. The molecule has 35 heavy (non-hydrogen) atoms. The lowest BCUT2D eigenvalue weighted by Crippen LogP contribution is -2.47. The first-order valence-electron chi connectivity index (χ1n) is 12.4. The zero-order valence-electron chi connectivity index (χ0n) is 19.8. The molecular formula is C30H31NO4. The van der Waals surface area contributed by atoms with Gasteiger partial charge in [-0.15, -0.1) is 0 Å². The second-order valence-corrected chi connectivity index (χ2v) is 9.54. The van der Waals surface area contributed by atoms with Crippen LogP contribution >= 0.6 is 0 Å². The summed E-state index contributed by atoms with van der Waals surface area (Å²) >= 11 is 0. The van der Waals surface area contributed by atoms with Gasteiger partial charge in [-0.05, 0) is 23.6 Å². The lowest BCUT2D eigenvalue weighted by molar-refractivity contribution is -0.129. The SMILES string of the molecule is O=C1CCC(c2ccccc2)(c2ccccc2)C2CN(C(=O)Cc3ccccc3OCCO)CC12. The number of fused-ring (bicyclic) bond motifs is 1. The number of nitrogens with zero attached hydrogens (tertiary/aromatic N) is 1. The van der Waals surface area contributed by atoms with Crippen LogP contribution in [0.25, 0.3) is 0 Å². The standard InChI is InChI=1S/C30H31NO4/c32-17-18-35-28-14-8-7-9-22(28)19-29(34)31-20-25-26(21-31)30(16-15-27(25)33,23-10-3-1-4-11-23)24-12-5-2-6-13-24/h1-14,25-26,32H,15-21H2. The van der Waals surface area contributed by atoms with Gasteiger partial charge in [-0.3, -0.25) is 9.59 Å². The topological polar surface area (TPSA) is 66.8 Å². The zero-order valence-corrected chi connectivity index (χ0v) is 19.8. The number of aliphatic hydroxyl groups is 1. The van der Waals surface area contributed by atoms with Gasteiger partial charge in [-0.1, -0.05) is 78.9 Å². The van der Waals surface area contributed by atoms with Crippen molar-refractivity contribution in [3.05, 3.63) is 102 Å². The molecule has 2 unspecified atom stereocenters. The van der Waals surface area contributed by atoms with E-state index in [9.17, 15) is 9.59 Å².